The molecule has 0 bridgehead atoms. The highest BCUT2D eigenvalue weighted by molar-refractivity contribution is 5.34. The second-order valence-corrected chi connectivity index (χ2v) is 4.18. The number of hydrogen-bond acceptors (Lipinski definition) is 2. The van der Waals surface area contributed by atoms with E-state index in [4.69, 9.17) is 5.26 Å². The molecule has 0 saturated carbocycles. The summed E-state index contributed by atoms with van der Waals surface area (Å²) in [4.78, 5) is 2.41. The molecule has 0 aromatic carbocycles. The number of rotatable bonds is 5. The molecule has 0 unspecified atom stereocenters. The second kappa shape index (κ2) is 5.72. The third-order valence-corrected chi connectivity index (χ3v) is 3.14. The van der Waals surface area contributed by atoms with Gasteiger partial charge in [0.1, 0.15) is 11.8 Å². The molecule has 0 radical (unpaired) electrons. The molecule has 1 aromatic rings. The minimum atomic E-state index is 0.750. The maximum absolute atomic E-state index is 8.97. The Morgan fingerprint density at radius 2 is 2.12 bits per heavy atom. The van der Waals surface area contributed by atoms with Crippen molar-refractivity contribution in [1.82, 2.24) is 9.47 Å². The molecule has 0 atom stereocenters. The van der Waals surface area contributed by atoms with Crippen molar-refractivity contribution in [3.05, 3.63) is 23.0 Å². The van der Waals surface area contributed by atoms with Gasteiger partial charge in [-0.15, -0.1) is 0 Å². The van der Waals surface area contributed by atoms with Crippen LogP contribution in [-0.2, 0) is 13.6 Å². The highest BCUT2D eigenvalue weighted by Crippen LogP contribution is 2.15. The Hall–Kier alpha value is -1.27. The number of nitrogens with zero attached hydrogens (tertiary/aromatic N) is 3. The first-order chi connectivity index (χ1) is 7.63. The normalized spacial score (nSPS) is 10.8. The summed E-state index contributed by atoms with van der Waals surface area (Å²) in [5, 5.41) is 8.97. The first kappa shape index (κ1) is 12.8. The lowest BCUT2D eigenvalue weighted by atomic mass is 10.2. The summed E-state index contributed by atoms with van der Waals surface area (Å²) in [5.74, 6) is 0. The molecule has 0 fully saturated rings. The highest BCUT2D eigenvalue weighted by Gasteiger charge is 2.11. The first-order valence-corrected chi connectivity index (χ1v) is 5.91. The van der Waals surface area contributed by atoms with Crippen molar-refractivity contribution in [3.63, 3.8) is 0 Å². The van der Waals surface area contributed by atoms with Gasteiger partial charge in [0, 0.05) is 19.3 Å². The second-order valence-electron chi connectivity index (χ2n) is 4.18. The number of nitriles is 1. The van der Waals surface area contributed by atoms with Gasteiger partial charge in [-0.3, -0.25) is 4.90 Å². The van der Waals surface area contributed by atoms with Gasteiger partial charge in [0.25, 0.3) is 0 Å². The van der Waals surface area contributed by atoms with E-state index in [9.17, 15) is 0 Å². The van der Waals surface area contributed by atoms with Crippen molar-refractivity contribution in [2.45, 2.75) is 33.7 Å². The molecule has 0 aliphatic carbocycles. The third-order valence-electron chi connectivity index (χ3n) is 3.14. The van der Waals surface area contributed by atoms with Crippen LogP contribution in [-0.4, -0.2) is 22.6 Å². The van der Waals surface area contributed by atoms with Gasteiger partial charge in [0.15, 0.2) is 0 Å². The van der Waals surface area contributed by atoms with Crippen LogP contribution in [0.15, 0.2) is 6.07 Å². The molecule has 0 N–H and O–H groups in total. The van der Waals surface area contributed by atoms with Gasteiger partial charge in [0.05, 0.1) is 0 Å². The lowest BCUT2D eigenvalue weighted by Gasteiger charge is -2.19. The van der Waals surface area contributed by atoms with Crippen LogP contribution in [0.5, 0.6) is 0 Å². The molecular weight excluding hydrogens is 198 g/mol. The lowest BCUT2D eigenvalue weighted by molar-refractivity contribution is 0.280. The molecule has 0 amide bonds. The highest BCUT2D eigenvalue weighted by atomic mass is 15.1. The standard InChI is InChI=1S/C13H21N3/c1-5-7-16(6-2)10-12-8-13(9-14)15(4)11(12)3/h8H,5-7,10H2,1-4H3. The van der Waals surface area contributed by atoms with Gasteiger partial charge in [-0.1, -0.05) is 13.8 Å². The van der Waals surface area contributed by atoms with E-state index in [0.717, 1.165) is 25.3 Å². The van der Waals surface area contributed by atoms with Crippen LogP contribution in [0.1, 0.15) is 37.2 Å². The summed E-state index contributed by atoms with van der Waals surface area (Å²) in [5.41, 5.74) is 3.22. The molecule has 3 heteroatoms. The zero-order chi connectivity index (χ0) is 12.1. The smallest absolute Gasteiger partial charge is 0.120 e. The Morgan fingerprint density at radius 1 is 1.44 bits per heavy atom. The Balaban J connectivity index is 2.85. The topological polar surface area (TPSA) is 32.0 Å². The molecular formula is C13H21N3. The van der Waals surface area contributed by atoms with Crippen molar-refractivity contribution in [2.75, 3.05) is 13.1 Å². The summed E-state index contributed by atoms with van der Waals surface area (Å²) in [6.45, 7) is 9.58. The molecule has 1 heterocycles. The summed E-state index contributed by atoms with van der Waals surface area (Å²) >= 11 is 0. The average molecular weight is 219 g/mol. The minimum Gasteiger partial charge on any atom is -0.340 e. The molecule has 0 spiro atoms. The van der Waals surface area contributed by atoms with Crippen molar-refractivity contribution in [3.8, 4) is 6.07 Å². The van der Waals surface area contributed by atoms with Crippen LogP contribution >= 0.6 is 0 Å². The predicted molar refractivity (Wildman–Crippen MR) is 66.1 cm³/mol. The van der Waals surface area contributed by atoms with Crippen LogP contribution in [0.2, 0.25) is 0 Å². The first-order valence-electron chi connectivity index (χ1n) is 5.91. The van der Waals surface area contributed by atoms with E-state index < -0.39 is 0 Å². The summed E-state index contributed by atoms with van der Waals surface area (Å²) in [7, 11) is 1.95. The third kappa shape index (κ3) is 2.65. The van der Waals surface area contributed by atoms with Gasteiger partial charge in [0.2, 0.25) is 0 Å². The van der Waals surface area contributed by atoms with Gasteiger partial charge < -0.3 is 4.57 Å². The molecule has 0 aliphatic rings. The molecule has 1 rings (SSSR count). The van der Waals surface area contributed by atoms with Crippen LogP contribution in [0.25, 0.3) is 0 Å². The van der Waals surface area contributed by atoms with Crippen molar-refractivity contribution in [2.24, 2.45) is 7.05 Å². The van der Waals surface area contributed by atoms with Gasteiger partial charge in [-0.05, 0) is 38.1 Å². The Bertz CT molecular complexity index is 385. The van der Waals surface area contributed by atoms with E-state index >= 15 is 0 Å². The Labute approximate surface area is 98.3 Å². The van der Waals surface area contributed by atoms with E-state index in [0.29, 0.717) is 0 Å². The average Bonchev–Trinajstić information content (AvgIpc) is 2.56. The van der Waals surface area contributed by atoms with Crippen LogP contribution in [0.3, 0.4) is 0 Å². The van der Waals surface area contributed by atoms with Crippen LogP contribution in [0.4, 0.5) is 0 Å². The maximum Gasteiger partial charge on any atom is 0.120 e. The molecule has 0 saturated heterocycles. The van der Waals surface area contributed by atoms with Gasteiger partial charge in [-0.25, -0.2) is 0 Å². The van der Waals surface area contributed by atoms with Gasteiger partial charge in [-0.2, -0.15) is 5.26 Å². The zero-order valence-corrected chi connectivity index (χ0v) is 10.7. The van der Waals surface area contributed by atoms with E-state index in [-0.39, 0.29) is 0 Å². The van der Waals surface area contributed by atoms with Crippen molar-refractivity contribution in [1.29, 1.82) is 5.26 Å². The minimum absolute atomic E-state index is 0.750. The Kier molecular flexibility index (Phi) is 4.57. The zero-order valence-electron chi connectivity index (χ0n) is 10.7. The lowest BCUT2D eigenvalue weighted by Crippen LogP contribution is -2.23. The number of aromatic nitrogens is 1. The molecule has 0 aliphatic heterocycles. The van der Waals surface area contributed by atoms with Crippen molar-refractivity contribution < 1.29 is 0 Å². The van der Waals surface area contributed by atoms with E-state index in [1.165, 1.54) is 17.7 Å². The largest absolute Gasteiger partial charge is 0.340 e. The summed E-state index contributed by atoms with van der Waals surface area (Å²) in [6.07, 6.45) is 1.17. The molecule has 1 aromatic heterocycles. The van der Waals surface area contributed by atoms with E-state index in [1.807, 2.05) is 17.7 Å². The maximum atomic E-state index is 8.97. The van der Waals surface area contributed by atoms with Crippen LogP contribution in [0, 0.1) is 18.3 Å². The SMILES string of the molecule is CCCN(CC)Cc1cc(C#N)n(C)c1C. The molecule has 3 nitrogen and oxygen atoms in total. The monoisotopic (exact) mass is 219 g/mol. The quantitative estimate of drug-likeness (QED) is 0.761. The van der Waals surface area contributed by atoms with Crippen molar-refractivity contribution >= 4 is 0 Å². The predicted octanol–water partition coefficient (Wildman–Crippen LogP) is 2.44. The molecule has 16 heavy (non-hydrogen) atoms. The molecule has 88 valence electrons. The fourth-order valence-corrected chi connectivity index (χ4v) is 1.94. The fraction of sp³-hybridized carbons (Fsp3) is 0.615. The summed E-state index contributed by atoms with van der Waals surface area (Å²) < 4.78 is 1.97. The Morgan fingerprint density at radius 3 is 2.56 bits per heavy atom. The summed E-state index contributed by atoms with van der Waals surface area (Å²) in [6, 6.07) is 4.23. The fourth-order valence-electron chi connectivity index (χ4n) is 1.94. The van der Waals surface area contributed by atoms with E-state index in [2.05, 4.69) is 31.7 Å². The van der Waals surface area contributed by atoms with Gasteiger partial charge >= 0.3 is 0 Å². The van der Waals surface area contributed by atoms with Crippen LogP contribution < -0.4 is 0 Å². The number of hydrogen-bond donors (Lipinski definition) is 0. The van der Waals surface area contributed by atoms with E-state index in [1.54, 1.807) is 0 Å².